The predicted octanol–water partition coefficient (Wildman–Crippen LogP) is 0.839. The third-order valence-electron chi connectivity index (χ3n) is 2.48. The highest BCUT2D eigenvalue weighted by Crippen LogP contribution is 2.20. The summed E-state index contributed by atoms with van der Waals surface area (Å²) in [6.45, 7) is 2.72. The normalized spacial score (nSPS) is 21.2. The molecule has 0 saturated heterocycles. The van der Waals surface area contributed by atoms with Gasteiger partial charge < -0.3 is 9.67 Å². The molecule has 0 bridgehead atoms. The fourth-order valence-electron chi connectivity index (χ4n) is 1.78. The van der Waals surface area contributed by atoms with E-state index >= 15 is 0 Å². The number of carboxylic acid groups (broad SMARTS) is 1. The highest BCUT2D eigenvalue weighted by molar-refractivity contribution is 5.70. The van der Waals surface area contributed by atoms with Crippen molar-refractivity contribution in [2.45, 2.75) is 26.3 Å². The fourth-order valence-corrected chi connectivity index (χ4v) is 1.78. The Morgan fingerprint density at radius 1 is 1.77 bits per heavy atom. The molecule has 1 N–H and O–H groups in total. The molecule has 2 heterocycles. The van der Waals surface area contributed by atoms with E-state index in [1.165, 1.54) is 0 Å². The van der Waals surface area contributed by atoms with E-state index in [2.05, 4.69) is 9.55 Å². The molecule has 0 aromatic carbocycles. The number of imidazole rings is 1. The minimum Gasteiger partial charge on any atom is -0.481 e. The van der Waals surface area contributed by atoms with Crippen molar-refractivity contribution in [1.82, 2.24) is 9.55 Å². The molecule has 13 heavy (non-hydrogen) atoms. The molecule has 0 amide bonds. The smallest absolute Gasteiger partial charge is 0.307 e. The lowest BCUT2D eigenvalue weighted by Gasteiger charge is -2.19. The summed E-state index contributed by atoms with van der Waals surface area (Å²) >= 11 is 0. The van der Waals surface area contributed by atoms with Crippen molar-refractivity contribution in [2.75, 3.05) is 0 Å². The maximum atomic E-state index is 10.7. The van der Waals surface area contributed by atoms with Gasteiger partial charge in [-0.2, -0.15) is 0 Å². The zero-order valence-electron chi connectivity index (χ0n) is 7.53. The molecule has 4 nitrogen and oxygen atoms in total. The molecular weight excluding hydrogens is 168 g/mol. The zero-order valence-corrected chi connectivity index (χ0v) is 7.53. The second-order valence-corrected chi connectivity index (χ2v) is 3.52. The van der Waals surface area contributed by atoms with E-state index in [1.807, 2.05) is 13.1 Å². The Hall–Kier alpha value is -1.32. The number of aromatic nitrogens is 2. The summed E-state index contributed by atoms with van der Waals surface area (Å²) < 4.78 is 2.05. The number of hydrogen-bond acceptors (Lipinski definition) is 2. The lowest BCUT2D eigenvalue weighted by atomic mass is 9.98. The van der Waals surface area contributed by atoms with Crippen LogP contribution in [0.15, 0.2) is 6.20 Å². The first-order valence-corrected chi connectivity index (χ1v) is 4.42. The number of aliphatic carboxylic acids is 1. The van der Waals surface area contributed by atoms with Crippen molar-refractivity contribution in [3.63, 3.8) is 0 Å². The van der Waals surface area contributed by atoms with Crippen LogP contribution in [0.3, 0.4) is 0 Å². The van der Waals surface area contributed by atoms with Crippen LogP contribution in [0.5, 0.6) is 0 Å². The topological polar surface area (TPSA) is 55.1 Å². The first-order chi connectivity index (χ1) is 6.16. The number of aryl methyl sites for hydroxylation is 2. The van der Waals surface area contributed by atoms with Crippen molar-refractivity contribution >= 4 is 5.97 Å². The van der Waals surface area contributed by atoms with Crippen LogP contribution in [-0.4, -0.2) is 20.6 Å². The molecule has 0 spiro atoms. The number of rotatable bonds is 1. The second-order valence-electron chi connectivity index (χ2n) is 3.52. The van der Waals surface area contributed by atoms with Crippen LogP contribution in [0.1, 0.15) is 17.9 Å². The van der Waals surface area contributed by atoms with Gasteiger partial charge in [-0.1, -0.05) is 0 Å². The number of nitrogens with zero attached hydrogens (tertiary/aromatic N) is 2. The van der Waals surface area contributed by atoms with Gasteiger partial charge in [-0.15, -0.1) is 0 Å². The van der Waals surface area contributed by atoms with Crippen LogP contribution in [0.4, 0.5) is 0 Å². The third kappa shape index (κ3) is 1.43. The molecule has 1 aliphatic heterocycles. The zero-order chi connectivity index (χ0) is 9.42. The Kier molecular flexibility index (Phi) is 1.83. The summed E-state index contributed by atoms with van der Waals surface area (Å²) in [5, 5.41) is 8.83. The Bertz CT molecular complexity index is 343. The highest BCUT2D eigenvalue weighted by atomic mass is 16.4. The molecule has 1 aliphatic rings. The van der Waals surface area contributed by atoms with E-state index in [-0.39, 0.29) is 5.92 Å². The molecule has 4 heteroatoms. The average Bonchev–Trinajstić information content (AvgIpc) is 2.42. The fraction of sp³-hybridized carbons (Fsp3) is 0.556. The number of hydrogen-bond donors (Lipinski definition) is 1. The summed E-state index contributed by atoms with van der Waals surface area (Å²) in [4.78, 5) is 15.0. The molecule has 1 aromatic rings. The van der Waals surface area contributed by atoms with Gasteiger partial charge in [-0.3, -0.25) is 4.79 Å². The number of fused-ring (bicyclic) bond motifs is 1. The van der Waals surface area contributed by atoms with E-state index in [9.17, 15) is 4.79 Å². The molecule has 0 fully saturated rings. The lowest BCUT2D eigenvalue weighted by molar-refractivity contribution is -0.142. The van der Waals surface area contributed by atoms with Gasteiger partial charge in [0.15, 0.2) is 0 Å². The van der Waals surface area contributed by atoms with Gasteiger partial charge in [0.1, 0.15) is 5.82 Å². The SMILES string of the molecule is Cc1cn2c(n1)CC(C(=O)O)CC2. The average molecular weight is 180 g/mol. The predicted molar refractivity (Wildman–Crippen MR) is 46.4 cm³/mol. The van der Waals surface area contributed by atoms with Gasteiger partial charge in [-0.05, 0) is 13.3 Å². The largest absolute Gasteiger partial charge is 0.481 e. The molecule has 1 unspecified atom stereocenters. The quantitative estimate of drug-likeness (QED) is 0.696. The molecule has 2 rings (SSSR count). The van der Waals surface area contributed by atoms with E-state index in [1.54, 1.807) is 0 Å². The Morgan fingerprint density at radius 3 is 3.23 bits per heavy atom. The molecule has 1 aromatic heterocycles. The third-order valence-corrected chi connectivity index (χ3v) is 2.48. The van der Waals surface area contributed by atoms with Crippen LogP contribution in [-0.2, 0) is 17.8 Å². The molecular formula is C9H12N2O2. The first kappa shape index (κ1) is 8.29. The van der Waals surface area contributed by atoms with Gasteiger partial charge in [0.25, 0.3) is 0 Å². The lowest BCUT2D eigenvalue weighted by Crippen LogP contribution is -2.25. The summed E-state index contributed by atoms with van der Waals surface area (Å²) in [6.07, 6.45) is 3.27. The standard InChI is InChI=1S/C9H12N2O2/c1-6-5-11-3-2-7(9(12)13)4-8(11)10-6/h5,7H,2-4H2,1H3,(H,12,13). The van der Waals surface area contributed by atoms with E-state index in [0.717, 1.165) is 24.5 Å². The van der Waals surface area contributed by atoms with E-state index < -0.39 is 5.97 Å². The maximum absolute atomic E-state index is 10.7. The van der Waals surface area contributed by atoms with Gasteiger partial charge in [0.05, 0.1) is 11.6 Å². The minimum atomic E-state index is -0.702. The van der Waals surface area contributed by atoms with E-state index in [0.29, 0.717) is 6.42 Å². The van der Waals surface area contributed by atoms with Gasteiger partial charge in [-0.25, -0.2) is 4.98 Å². The van der Waals surface area contributed by atoms with Crippen molar-refractivity contribution in [2.24, 2.45) is 5.92 Å². The summed E-state index contributed by atoms with van der Waals surface area (Å²) in [6, 6.07) is 0. The molecule has 0 radical (unpaired) electrons. The van der Waals surface area contributed by atoms with Crippen LogP contribution < -0.4 is 0 Å². The van der Waals surface area contributed by atoms with Crippen LogP contribution in [0.25, 0.3) is 0 Å². The Balaban J connectivity index is 2.24. The number of carboxylic acids is 1. The van der Waals surface area contributed by atoms with Gasteiger partial charge >= 0.3 is 5.97 Å². The van der Waals surface area contributed by atoms with Gasteiger partial charge in [0.2, 0.25) is 0 Å². The van der Waals surface area contributed by atoms with Crippen molar-refractivity contribution in [1.29, 1.82) is 0 Å². The molecule has 0 aliphatic carbocycles. The molecule has 1 atom stereocenters. The summed E-state index contributed by atoms with van der Waals surface area (Å²) in [5.41, 5.74) is 0.973. The monoisotopic (exact) mass is 180 g/mol. The first-order valence-electron chi connectivity index (χ1n) is 4.42. The Morgan fingerprint density at radius 2 is 2.54 bits per heavy atom. The summed E-state index contributed by atoms with van der Waals surface area (Å²) in [7, 11) is 0. The summed E-state index contributed by atoms with van der Waals surface area (Å²) in [5.74, 6) is -0.0302. The Labute approximate surface area is 76.2 Å². The molecule has 70 valence electrons. The van der Waals surface area contributed by atoms with Crippen molar-refractivity contribution < 1.29 is 9.90 Å². The second kappa shape index (κ2) is 2.87. The minimum absolute atomic E-state index is 0.241. The maximum Gasteiger partial charge on any atom is 0.307 e. The van der Waals surface area contributed by atoms with Crippen LogP contribution in [0, 0.1) is 12.8 Å². The highest BCUT2D eigenvalue weighted by Gasteiger charge is 2.25. The van der Waals surface area contributed by atoms with Crippen LogP contribution in [0.2, 0.25) is 0 Å². The molecule has 0 saturated carbocycles. The van der Waals surface area contributed by atoms with E-state index in [4.69, 9.17) is 5.11 Å². The number of carbonyl (C=O) groups is 1. The van der Waals surface area contributed by atoms with Crippen LogP contribution >= 0.6 is 0 Å². The van der Waals surface area contributed by atoms with Crippen molar-refractivity contribution in [3.05, 3.63) is 17.7 Å². The van der Waals surface area contributed by atoms with Crippen molar-refractivity contribution in [3.8, 4) is 0 Å². The van der Waals surface area contributed by atoms with Gasteiger partial charge in [0, 0.05) is 19.2 Å².